The van der Waals surface area contributed by atoms with E-state index in [1.54, 1.807) is 30.3 Å². The molecule has 1 amide bonds. The Hall–Kier alpha value is -1.52. The van der Waals surface area contributed by atoms with Crippen molar-refractivity contribution in [3.05, 3.63) is 63.1 Å². The van der Waals surface area contributed by atoms with Crippen molar-refractivity contribution in [2.45, 2.75) is 6.54 Å². The largest absolute Gasteiger partial charge is 0.399 e. The van der Waals surface area contributed by atoms with Gasteiger partial charge in [0.05, 0.1) is 0 Å². The fraction of sp³-hybridized carbons (Fsp3) is 0.0714. The second-order valence-electron chi connectivity index (χ2n) is 4.08. The third-order valence-electron chi connectivity index (χ3n) is 2.55. The van der Waals surface area contributed by atoms with Crippen LogP contribution in [0.2, 0.25) is 5.02 Å². The Morgan fingerprint density at radius 3 is 2.53 bits per heavy atom. The van der Waals surface area contributed by atoms with Crippen LogP contribution in [0.1, 0.15) is 15.9 Å². The van der Waals surface area contributed by atoms with Gasteiger partial charge >= 0.3 is 0 Å². The predicted octanol–water partition coefficient (Wildman–Crippen LogP) is 3.61. The number of carbonyl (C=O) groups excluding carboxylic acids is 1. The Bertz CT molecular complexity index is 579. The number of benzene rings is 2. The molecular formula is C14H12BrClN2O. The van der Waals surface area contributed by atoms with Crippen molar-refractivity contribution in [1.29, 1.82) is 0 Å². The molecular weight excluding hydrogens is 328 g/mol. The van der Waals surface area contributed by atoms with Crippen LogP contribution in [0.3, 0.4) is 0 Å². The fourth-order valence-electron chi connectivity index (χ4n) is 1.63. The number of hydrogen-bond donors (Lipinski definition) is 2. The minimum atomic E-state index is -0.164. The molecule has 5 heteroatoms. The molecule has 0 saturated carbocycles. The summed E-state index contributed by atoms with van der Waals surface area (Å²) in [6, 6.07) is 12.4. The molecule has 98 valence electrons. The van der Waals surface area contributed by atoms with Crippen molar-refractivity contribution in [3.8, 4) is 0 Å². The van der Waals surface area contributed by atoms with Crippen molar-refractivity contribution in [1.82, 2.24) is 5.32 Å². The molecule has 0 saturated heterocycles. The molecule has 0 unspecified atom stereocenters. The highest BCUT2D eigenvalue weighted by atomic mass is 79.9. The third kappa shape index (κ3) is 3.98. The van der Waals surface area contributed by atoms with Gasteiger partial charge in [0, 0.05) is 27.3 Å². The number of halogens is 2. The monoisotopic (exact) mass is 338 g/mol. The quantitative estimate of drug-likeness (QED) is 0.839. The molecule has 0 aliphatic carbocycles. The normalized spacial score (nSPS) is 10.2. The third-order valence-corrected chi connectivity index (χ3v) is 3.26. The first-order valence-corrected chi connectivity index (χ1v) is 6.80. The van der Waals surface area contributed by atoms with E-state index in [9.17, 15) is 4.79 Å². The number of rotatable bonds is 3. The molecule has 0 aliphatic rings. The summed E-state index contributed by atoms with van der Waals surface area (Å²) in [6.45, 7) is 0.447. The highest BCUT2D eigenvalue weighted by Gasteiger charge is 2.07. The second-order valence-corrected chi connectivity index (χ2v) is 5.43. The van der Waals surface area contributed by atoms with E-state index < -0.39 is 0 Å². The van der Waals surface area contributed by atoms with Gasteiger partial charge in [0.1, 0.15) is 0 Å². The summed E-state index contributed by atoms with van der Waals surface area (Å²) in [5.74, 6) is -0.164. The zero-order chi connectivity index (χ0) is 13.8. The van der Waals surface area contributed by atoms with E-state index in [2.05, 4.69) is 21.2 Å². The van der Waals surface area contributed by atoms with Crippen LogP contribution in [0.25, 0.3) is 0 Å². The van der Waals surface area contributed by atoms with Gasteiger partial charge in [-0.3, -0.25) is 4.79 Å². The summed E-state index contributed by atoms with van der Waals surface area (Å²) in [4.78, 5) is 12.0. The molecule has 2 aromatic carbocycles. The number of nitrogen functional groups attached to an aromatic ring is 1. The minimum Gasteiger partial charge on any atom is -0.399 e. The minimum absolute atomic E-state index is 0.164. The van der Waals surface area contributed by atoms with Gasteiger partial charge in [-0.05, 0) is 35.9 Å². The molecule has 0 spiro atoms. The van der Waals surface area contributed by atoms with Crippen molar-refractivity contribution in [2.24, 2.45) is 0 Å². The second kappa shape index (κ2) is 6.08. The Kier molecular flexibility index (Phi) is 4.45. The molecule has 3 nitrogen and oxygen atoms in total. The summed E-state index contributed by atoms with van der Waals surface area (Å²) in [7, 11) is 0. The number of anilines is 1. The van der Waals surface area contributed by atoms with Crippen LogP contribution >= 0.6 is 27.5 Å². The smallest absolute Gasteiger partial charge is 0.251 e. The van der Waals surface area contributed by atoms with Crippen LogP contribution in [-0.4, -0.2) is 5.91 Å². The van der Waals surface area contributed by atoms with Gasteiger partial charge in [-0.1, -0.05) is 39.7 Å². The summed E-state index contributed by atoms with van der Waals surface area (Å²) in [6.07, 6.45) is 0. The van der Waals surface area contributed by atoms with Crippen molar-refractivity contribution < 1.29 is 4.79 Å². The Morgan fingerprint density at radius 1 is 1.21 bits per heavy atom. The van der Waals surface area contributed by atoms with E-state index in [1.165, 1.54) is 0 Å². The summed E-state index contributed by atoms with van der Waals surface area (Å²) in [5, 5.41) is 3.51. The van der Waals surface area contributed by atoms with E-state index in [0.29, 0.717) is 22.8 Å². The molecule has 0 fully saturated rings. The van der Waals surface area contributed by atoms with Crippen molar-refractivity contribution in [3.63, 3.8) is 0 Å². The highest BCUT2D eigenvalue weighted by Crippen LogP contribution is 2.17. The van der Waals surface area contributed by atoms with E-state index >= 15 is 0 Å². The Labute approximate surface area is 124 Å². The first-order valence-electron chi connectivity index (χ1n) is 5.63. The molecule has 0 heterocycles. The van der Waals surface area contributed by atoms with Crippen LogP contribution in [0.5, 0.6) is 0 Å². The molecule has 2 aromatic rings. The zero-order valence-electron chi connectivity index (χ0n) is 9.99. The lowest BCUT2D eigenvalue weighted by Gasteiger charge is -2.07. The molecule has 2 rings (SSSR count). The molecule has 0 bridgehead atoms. The summed E-state index contributed by atoms with van der Waals surface area (Å²) < 4.78 is 0.782. The summed E-state index contributed by atoms with van der Waals surface area (Å²) in [5.41, 5.74) is 7.76. The van der Waals surface area contributed by atoms with Crippen LogP contribution in [-0.2, 0) is 6.54 Å². The maximum absolute atomic E-state index is 12.0. The van der Waals surface area contributed by atoms with Gasteiger partial charge in [-0.15, -0.1) is 0 Å². The van der Waals surface area contributed by atoms with Crippen LogP contribution in [0.4, 0.5) is 5.69 Å². The van der Waals surface area contributed by atoms with E-state index in [4.69, 9.17) is 17.3 Å². The SMILES string of the molecule is Nc1cc(Br)cc(C(=O)NCc2ccc(Cl)cc2)c1. The molecule has 19 heavy (non-hydrogen) atoms. The Balaban J connectivity index is 2.03. The van der Waals surface area contributed by atoms with E-state index in [-0.39, 0.29) is 5.91 Å². The maximum atomic E-state index is 12.0. The van der Waals surface area contributed by atoms with Crippen molar-refractivity contribution in [2.75, 3.05) is 5.73 Å². The number of carbonyl (C=O) groups is 1. The highest BCUT2D eigenvalue weighted by molar-refractivity contribution is 9.10. The average molecular weight is 340 g/mol. The molecule has 0 atom stereocenters. The van der Waals surface area contributed by atoms with Gasteiger partial charge in [0.25, 0.3) is 5.91 Å². The molecule has 0 radical (unpaired) electrons. The van der Waals surface area contributed by atoms with E-state index in [0.717, 1.165) is 10.0 Å². The van der Waals surface area contributed by atoms with Gasteiger partial charge in [0.15, 0.2) is 0 Å². The van der Waals surface area contributed by atoms with Gasteiger partial charge < -0.3 is 11.1 Å². The lowest BCUT2D eigenvalue weighted by atomic mass is 10.1. The number of nitrogens with one attached hydrogen (secondary N) is 1. The van der Waals surface area contributed by atoms with Crippen LogP contribution < -0.4 is 11.1 Å². The fourth-order valence-corrected chi connectivity index (χ4v) is 2.27. The number of hydrogen-bond acceptors (Lipinski definition) is 2. The van der Waals surface area contributed by atoms with Gasteiger partial charge in [0.2, 0.25) is 0 Å². The van der Waals surface area contributed by atoms with Gasteiger partial charge in [-0.2, -0.15) is 0 Å². The lowest BCUT2D eigenvalue weighted by molar-refractivity contribution is 0.0951. The predicted molar refractivity (Wildman–Crippen MR) is 81.2 cm³/mol. The number of amides is 1. The number of nitrogens with two attached hydrogens (primary N) is 1. The van der Waals surface area contributed by atoms with E-state index in [1.807, 2.05) is 12.1 Å². The molecule has 0 aliphatic heterocycles. The molecule has 0 aromatic heterocycles. The van der Waals surface area contributed by atoms with Gasteiger partial charge in [-0.25, -0.2) is 0 Å². The first kappa shape index (κ1) is 13.9. The van der Waals surface area contributed by atoms with Crippen molar-refractivity contribution >= 4 is 39.1 Å². The first-order chi connectivity index (χ1) is 9.04. The van der Waals surface area contributed by atoms with Crippen LogP contribution in [0.15, 0.2) is 46.9 Å². The summed E-state index contributed by atoms with van der Waals surface area (Å²) >= 11 is 9.11. The zero-order valence-corrected chi connectivity index (χ0v) is 12.3. The van der Waals surface area contributed by atoms with Crippen LogP contribution in [0, 0.1) is 0 Å². The lowest BCUT2D eigenvalue weighted by Crippen LogP contribution is -2.22. The molecule has 3 N–H and O–H groups in total. The maximum Gasteiger partial charge on any atom is 0.251 e. The Morgan fingerprint density at radius 2 is 1.89 bits per heavy atom. The standard InChI is InChI=1S/C14H12BrClN2O/c15-11-5-10(6-13(17)7-11)14(19)18-8-9-1-3-12(16)4-2-9/h1-7H,8,17H2,(H,18,19). The average Bonchev–Trinajstić information content (AvgIpc) is 2.36. The topological polar surface area (TPSA) is 55.1 Å².